The van der Waals surface area contributed by atoms with Crippen molar-refractivity contribution < 1.29 is 9.47 Å². The summed E-state index contributed by atoms with van der Waals surface area (Å²) in [6.07, 6.45) is 8.72. The van der Waals surface area contributed by atoms with Crippen molar-refractivity contribution >= 4 is 0 Å². The fraction of sp³-hybridized carbons (Fsp3) is 0.514. The third-order valence-corrected chi connectivity index (χ3v) is 7.27. The lowest BCUT2D eigenvalue weighted by Gasteiger charge is -2.27. The molecule has 4 aromatic heterocycles. The minimum atomic E-state index is -0.344. The molecule has 0 saturated heterocycles. The summed E-state index contributed by atoms with van der Waals surface area (Å²) in [5, 5.41) is 0. The van der Waals surface area contributed by atoms with Crippen molar-refractivity contribution in [1.29, 1.82) is 0 Å². The van der Waals surface area contributed by atoms with Crippen LogP contribution >= 0.6 is 0 Å². The predicted octanol–water partition coefficient (Wildman–Crippen LogP) is 7.90. The molecule has 0 radical (unpaired) electrons. The van der Waals surface area contributed by atoms with Gasteiger partial charge in [-0.15, -0.1) is 0 Å². The number of aryl methyl sites for hydroxylation is 4. The van der Waals surface area contributed by atoms with Gasteiger partial charge in [-0.25, -0.2) is 19.9 Å². The van der Waals surface area contributed by atoms with E-state index in [2.05, 4.69) is 71.4 Å². The van der Waals surface area contributed by atoms with Crippen molar-refractivity contribution in [2.24, 2.45) is 23.0 Å². The largest absolute Gasteiger partial charge is 0.491 e. The first-order chi connectivity index (χ1) is 21.5. The van der Waals surface area contributed by atoms with Crippen LogP contribution in [0, 0.1) is 44.9 Å². The van der Waals surface area contributed by atoms with Crippen molar-refractivity contribution in [2.45, 2.75) is 94.5 Å². The third kappa shape index (κ3) is 11.7. The molecule has 9 nitrogen and oxygen atoms in total. The van der Waals surface area contributed by atoms with Gasteiger partial charge < -0.3 is 15.2 Å². The Morgan fingerprint density at radius 2 is 1.00 bits per heavy atom. The first-order valence-corrected chi connectivity index (χ1v) is 16.1. The van der Waals surface area contributed by atoms with Crippen molar-refractivity contribution in [3.05, 3.63) is 71.8 Å². The Kier molecular flexibility index (Phi) is 12.7. The molecule has 0 amide bonds. The number of pyridine rings is 2. The van der Waals surface area contributed by atoms with Crippen LogP contribution in [0.5, 0.6) is 11.5 Å². The minimum absolute atomic E-state index is 0.156. The zero-order valence-electron chi connectivity index (χ0n) is 29.7. The molecule has 248 valence electrons. The van der Waals surface area contributed by atoms with E-state index in [9.17, 15) is 0 Å². The van der Waals surface area contributed by atoms with E-state index in [1.165, 1.54) is 0 Å². The topological polar surface area (TPSA) is 122 Å². The van der Waals surface area contributed by atoms with Gasteiger partial charge in [0.1, 0.15) is 30.8 Å². The van der Waals surface area contributed by atoms with Gasteiger partial charge in [-0.05, 0) is 100 Å². The minimum Gasteiger partial charge on any atom is -0.491 e. The summed E-state index contributed by atoms with van der Waals surface area (Å²) in [4.78, 5) is 25.7. The number of ether oxygens (including phenoxy) is 2. The zero-order chi connectivity index (χ0) is 34.1. The van der Waals surface area contributed by atoms with E-state index in [1.54, 1.807) is 25.0 Å². The molecule has 0 spiro atoms. The van der Waals surface area contributed by atoms with E-state index in [-0.39, 0.29) is 11.0 Å². The van der Waals surface area contributed by atoms with Crippen molar-refractivity contribution in [3.8, 4) is 34.3 Å². The molecule has 4 heterocycles. The van der Waals surface area contributed by atoms with Crippen molar-refractivity contribution in [3.63, 3.8) is 0 Å². The standard InChI is InChI=1S/C19H27N3O.C18H26N4O/c1-13(2)9-19(5,6)11-23-18-10-20-16(7-14(18)3)17-8-15(4)21-12-22-17;1-12(2)8-18(5,19)10-23-17-9-20-15(6-13(17)3)16-7-14(4)21-11-22-16/h7-8,10,12-13H,9,11H2,1-6H3;6-7,9,11-12H,8,10,19H2,1-5H3/t;18-/m.0/s1. The highest BCUT2D eigenvalue weighted by atomic mass is 16.5. The van der Waals surface area contributed by atoms with Crippen LogP contribution < -0.4 is 15.2 Å². The molecule has 0 aliphatic heterocycles. The molecule has 46 heavy (non-hydrogen) atoms. The molecule has 4 aromatic rings. The second kappa shape index (κ2) is 16.0. The predicted molar refractivity (Wildman–Crippen MR) is 186 cm³/mol. The van der Waals surface area contributed by atoms with Gasteiger partial charge in [0.15, 0.2) is 0 Å². The van der Waals surface area contributed by atoms with Gasteiger partial charge >= 0.3 is 0 Å². The molecule has 9 heteroatoms. The normalized spacial score (nSPS) is 12.8. The van der Waals surface area contributed by atoms with Crippen LogP contribution in [0.2, 0.25) is 0 Å². The molecule has 0 unspecified atom stereocenters. The van der Waals surface area contributed by atoms with Crippen molar-refractivity contribution in [1.82, 2.24) is 29.9 Å². The molecule has 0 bridgehead atoms. The fourth-order valence-corrected chi connectivity index (χ4v) is 5.53. The van der Waals surface area contributed by atoms with Gasteiger partial charge in [-0.1, -0.05) is 41.5 Å². The van der Waals surface area contributed by atoms with E-state index in [0.717, 1.165) is 69.6 Å². The lowest BCUT2D eigenvalue weighted by atomic mass is 9.85. The highest BCUT2D eigenvalue weighted by Crippen LogP contribution is 2.29. The lowest BCUT2D eigenvalue weighted by molar-refractivity contribution is 0.153. The van der Waals surface area contributed by atoms with Crippen LogP contribution in [-0.4, -0.2) is 48.7 Å². The third-order valence-electron chi connectivity index (χ3n) is 7.27. The molecule has 4 rings (SSSR count). The van der Waals surface area contributed by atoms with Gasteiger partial charge in [0.2, 0.25) is 0 Å². The van der Waals surface area contributed by atoms with Crippen LogP contribution in [0.1, 0.15) is 83.8 Å². The van der Waals surface area contributed by atoms with Crippen LogP contribution in [0.4, 0.5) is 0 Å². The first-order valence-electron chi connectivity index (χ1n) is 16.1. The summed E-state index contributed by atoms with van der Waals surface area (Å²) in [6.45, 7) is 24.4. The fourth-order valence-electron chi connectivity index (χ4n) is 5.53. The zero-order valence-corrected chi connectivity index (χ0v) is 29.7. The van der Waals surface area contributed by atoms with Gasteiger partial charge in [-0.3, -0.25) is 9.97 Å². The summed E-state index contributed by atoms with van der Waals surface area (Å²) in [7, 11) is 0. The molecule has 0 saturated carbocycles. The number of hydrogen-bond acceptors (Lipinski definition) is 9. The second-order valence-electron chi connectivity index (χ2n) is 14.4. The molecule has 1 atom stereocenters. The quantitative estimate of drug-likeness (QED) is 0.167. The van der Waals surface area contributed by atoms with E-state index in [1.807, 2.05) is 58.9 Å². The Labute approximate surface area is 275 Å². The number of nitrogens with two attached hydrogens (primary N) is 1. The highest BCUT2D eigenvalue weighted by molar-refractivity contribution is 5.57. The molecule has 0 aliphatic carbocycles. The van der Waals surface area contributed by atoms with Gasteiger partial charge in [0.25, 0.3) is 0 Å². The van der Waals surface area contributed by atoms with E-state index in [4.69, 9.17) is 15.2 Å². The summed E-state index contributed by atoms with van der Waals surface area (Å²) in [6, 6.07) is 7.86. The Morgan fingerprint density at radius 1 is 0.587 bits per heavy atom. The number of rotatable bonds is 12. The number of aromatic nitrogens is 6. The monoisotopic (exact) mass is 627 g/mol. The summed E-state index contributed by atoms with van der Waals surface area (Å²) >= 11 is 0. The molecular weight excluding hydrogens is 574 g/mol. The number of nitrogens with zero attached hydrogens (tertiary/aromatic N) is 6. The van der Waals surface area contributed by atoms with E-state index in [0.29, 0.717) is 25.0 Å². The highest BCUT2D eigenvalue weighted by Gasteiger charge is 2.22. The van der Waals surface area contributed by atoms with E-state index >= 15 is 0 Å². The second-order valence-corrected chi connectivity index (χ2v) is 14.4. The van der Waals surface area contributed by atoms with Gasteiger partial charge in [0, 0.05) is 16.9 Å². The summed E-state index contributed by atoms with van der Waals surface area (Å²) in [5.74, 6) is 2.81. The SMILES string of the molecule is Cc1cc(-c2cc(C)c(OCC(C)(C)CC(C)C)cn2)ncn1.Cc1cc(-c2cc(C)c(OC[C@@](C)(N)CC(C)C)cn2)ncn1. The maximum Gasteiger partial charge on any atom is 0.140 e. The van der Waals surface area contributed by atoms with E-state index < -0.39 is 0 Å². The average molecular weight is 628 g/mol. The Morgan fingerprint density at radius 3 is 1.39 bits per heavy atom. The van der Waals surface area contributed by atoms with Crippen LogP contribution in [0.25, 0.3) is 22.8 Å². The van der Waals surface area contributed by atoms with Crippen LogP contribution in [0.15, 0.2) is 49.3 Å². The molecule has 2 N–H and O–H groups in total. The summed E-state index contributed by atoms with van der Waals surface area (Å²) in [5.41, 5.74) is 13.4. The Balaban J connectivity index is 0.000000250. The lowest BCUT2D eigenvalue weighted by Crippen LogP contribution is -2.43. The van der Waals surface area contributed by atoms with Crippen LogP contribution in [0.3, 0.4) is 0 Å². The van der Waals surface area contributed by atoms with Gasteiger partial charge in [0.05, 0.1) is 41.8 Å². The van der Waals surface area contributed by atoms with Crippen LogP contribution in [-0.2, 0) is 0 Å². The van der Waals surface area contributed by atoms with Crippen molar-refractivity contribution in [2.75, 3.05) is 13.2 Å². The smallest absolute Gasteiger partial charge is 0.140 e. The molecule has 0 aliphatic rings. The molecule has 0 fully saturated rings. The van der Waals surface area contributed by atoms with Gasteiger partial charge in [-0.2, -0.15) is 0 Å². The Hall–Kier alpha value is -3.98. The first kappa shape index (κ1) is 36.5. The maximum absolute atomic E-state index is 6.29. The number of hydrogen-bond donors (Lipinski definition) is 1. The average Bonchev–Trinajstić information content (AvgIpc) is 2.95. The maximum atomic E-state index is 6.29. The Bertz CT molecular complexity index is 1450. The molecular formula is C37H53N7O2. The molecule has 0 aromatic carbocycles. The summed E-state index contributed by atoms with van der Waals surface area (Å²) < 4.78 is 11.9.